The van der Waals surface area contributed by atoms with Gasteiger partial charge in [-0.05, 0) is 68.6 Å². The molecule has 0 aromatic rings. The largest absolute Gasteiger partial charge is 0.465 e. The van der Waals surface area contributed by atoms with Gasteiger partial charge < -0.3 is 19.7 Å². The van der Waals surface area contributed by atoms with Gasteiger partial charge in [-0.1, -0.05) is 13.8 Å². The highest BCUT2D eigenvalue weighted by atomic mass is 16.6. The van der Waals surface area contributed by atoms with Crippen LogP contribution >= 0.6 is 0 Å². The molecule has 10 atom stereocenters. The maximum atomic E-state index is 11.5. The number of carbonyl (C=O) groups is 1. The molecule has 0 amide bonds. The number of rotatable bonds is 2. The van der Waals surface area contributed by atoms with E-state index in [9.17, 15) is 15.0 Å². The molecule has 0 radical (unpaired) electrons. The first kappa shape index (κ1) is 18.4. The number of epoxide rings is 1. The molecule has 1 heterocycles. The third-order valence-electron chi connectivity index (χ3n) is 9.96. The summed E-state index contributed by atoms with van der Waals surface area (Å²) >= 11 is 0. The van der Waals surface area contributed by atoms with Crippen LogP contribution in [0.2, 0.25) is 0 Å². The summed E-state index contributed by atoms with van der Waals surface area (Å²) in [5, 5.41) is 22.4. The van der Waals surface area contributed by atoms with Gasteiger partial charge in [-0.2, -0.15) is 0 Å². The molecule has 1 spiro atoms. The Balaban J connectivity index is 1.54. The van der Waals surface area contributed by atoms with Gasteiger partial charge in [0.15, 0.2) is 0 Å². The fourth-order valence-corrected chi connectivity index (χ4v) is 8.54. The number of aliphatic hydroxyl groups is 2. The Labute approximate surface area is 161 Å². The first-order valence-electron chi connectivity index (χ1n) is 10.8. The van der Waals surface area contributed by atoms with Crippen LogP contribution in [-0.2, 0) is 14.3 Å². The van der Waals surface area contributed by atoms with Crippen molar-refractivity contribution in [3.05, 3.63) is 0 Å². The van der Waals surface area contributed by atoms with Crippen LogP contribution in [0.15, 0.2) is 0 Å². The van der Waals surface area contributed by atoms with E-state index in [4.69, 9.17) is 9.47 Å². The maximum Gasteiger partial charge on any atom is 0.302 e. The van der Waals surface area contributed by atoms with E-state index in [2.05, 4.69) is 20.8 Å². The van der Waals surface area contributed by atoms with Crippen LogP contribution in [0.1, 0.15) is 66.2 Å². The number of carbonyl (C=O) groups excluding carboxylic acids is 1. The summed E-state index contributed by atoms with van der Waals surface area (Å²) in [4.78, 5) is 11.5. The number of esters is 1. The van der Waals surface area contributed by atoms with Gasteiger partial charge in [0.05, 0.1) is 30.5 Å². The molecule has 5 heteroatoms. The van der Waals surface area contributed by atoms with Crippen molar-refractivity contribution >= 4 is 5.97 Å². The lowest BCUT2D eigenvalue weighted by molar-refractivity contribution is -0.242. The highest BCUT2D eigenvalue weighted by Gasteiger charge is 2.81. The summed E-state index contributed by atoms with van der Waals surface area (Å²) in [7, 11) is 0. The summed E-state index contributed by atoms with van der Waals surface area (Å²) in [5.74, 6) is 0.825. The predicted molar refractivity (Wildman–Crippen MR) is 98.7 cm³/mol. The van der Waals surface area contributed by atoms with Crippen molar-refractivity contribution < 1.29 is 24.5 Å². The minimum absolute atomic E-state index is 0.0197. The van der Waals surface area contributed by atoms with Crippen molar-refractivity contribution in [2.75, 3.05) is 6.61 Å². The number of fused-ring (bicyclic) bond motifs is 5. The van der Waals surface area contributed by atoms with Crippen molar-refractivity contribution in [2.24, 2.45) is 34.0 Å². The molecule has 5 nitrogen and oxygen atoms in total. The lowest BCUT2D eigenvalue weighted by Gasteiger charge is -2.66. The van der Waals surface area contributed by atoms with Gasteiger partial charge in [-0.25, -0.2) is 0 Å². The smallest absolute Gasteiger partial charge is 0.302 e. The van der Waals surface area contributed by atoms with Gasteiger partial charge in [0, 0.05) is 17.8 Å². The van der Waals surface area contributed by atoms with Crippen molar-refractivity contribution in [3.63, 3.8) is 0 Å². The Hall–Kier alpha value is -0.650. The van der Waals surface area contributed by atoms with E-state index in [1.807, 2.05) is 0 Å². The van der Waals surface area contributed by atoms with Crippen molar-refractivity contribution in [1.82, 2.24) is 0 Å². The Morgan fingerprint density at radius 3 is 2.56 bits per heavy atom. The van der Waals surface area contributed by atoms with Crippen LogP contribution in [0.5, 0.6) is 0 Å². The molecular weight excluding hydrogens is 344 g/mol. The molecule has 5 aliphatic rings. The van der Waals surface area contributed by atoms with Gasteiger partial charge in [0.2, 0.25) is 0 Å². The monoisotopic (exact) mass is 378 g/mol. The minimum Gasteiger partial charge on any atom is -0.465 e. The second-order valence-electron chi connectivity index (χ2n) is 11.0. The molecular formula is C22H34O5. The minimum atomic E-state index is -0.509. The molecule has 27 heavy (non-hydrogen) atoms. The lowest BCUT2D eigenvalue weighted by atomic mass is 9.39. The molecule has 0 aromatic carbocycles. The molecule has 5 rings (SSSR count). The summed E-state index contributed by atoms with van der Waals surface area (Å²) < 4.78 is 11.7. The summed E-state index contributed by atoms with van der Waals surface area (Å²) in [6.07, 6.45) is 5.08. The van der Waals surface area contributed by atoms with Crippen LogP contribution < -0.4 is 0 Å². The van der Waals surface area contributed by atoms with E-state index in [-0.39, 0.29) is 41.0 Å². The molecule has 4 aliphatic carbocycles. The third kappa shape index (κ3) is 2.04. The highest BCUT2D eigenvalue weighted by molar-refractivity contribution is 5.65. The SMILES string of the molecule is CC(=O)OC[C@]1(C)[C@H]2C[C@H](O)[C@]34C[C@H](CC[C@H]3[C@]2(C)CC[C@H]1O)[C@]1(C)O[C@@H]14. The molecule has 5 fully saturated rings. The average molecular weight is 379 g/mol. The Bertz CT molecular complexity index is 680. The van der Waals surface area contributed by atoms with Crippen LogP contribution in [-0.4, -0.2) is 46.7 Å². The molecule has 1 aliphatic heterocycles. The van der Waals surface area contributed by atoms with Gasteiger partial charge in [0.1, 0.15) is 0 Å². The quantitative estimate of drug-likeness (QED) is 0.570. The Kier molecular flexibility index (Phi) is 3.60. The van der Waals surface area contributed by atoms with Crippen LogP contribution in [0, 0.1) is 34.0 Å². The van der Waals surface area contributed by atoms with Gasteiger partial charge >= 0.3 is 5.97 Å². The normalized spacial score (nSPS) is 60.8. The molecule has 4 saturated carbocycles. The molecule has 2 N–H and O–H groups in total. The molecule has 2 bridgehead atoms. The third-order valence-corrected chi connectivity index (χ3v) is 9.96. The number of aliphatic hydroxyl groups excluding tert-OH is 2. The number of hydrogen-bond donors (Lipinski definition) is 2. The zero-order valence-electron chi connectivity index (χ0n) is 17.0. The fourth-order valence-electron chi connectivity index (χ4n) is 8.54. The van der Waals surface area contributed by atoms with Crippen LogP contribution in [0.4, 0.5) is 0 Å². The fraction of sp³-hybridized carbons (Fsp3) is 0.955. The lowest BCUT2D eigenvalue weighted by Crippen LogP contribution is -2.66. The second kappa shape index (κ2) is 5.28. The van der Waals surface area contributed by atoms with E-state index in [1.165, 1.54) is 13.3 Å². The zero-order valence-corrected chi connectivity index (χ0v) is 17.0. The Morgan fingerprint density at radius 1 is 1.11 bits per heavy atom. The predicted octanol–water partition coefficient (Wildman–Crippen LogP) is 2.67. The first-order valence-corrected chi connectivity index (χ1v) is 10.8. The zero-order chi connectivity index (χ0) is 19.4. The first-order chi connectivity index (χ1) is 12.6. The van der Waals surface area contributed by atoms with E-state index in [1.54, 1.807) is 0 Å². The van der Waals surface area contributed by atoms with Crippen LogP contribution in [0.25, 0.3) is 0 Å². The topological polar surface area (TPSA) is 79.3 Å². The highest BCUT2D eigenvalue weighted by Crippen LogP contribution is 2.77. The summed E-state index contributed by atoms with van der Waals surface area (Å²) in [6, 6.07) is 0. The van der Waals surface area contributed by atoms with Crippen molar-refractivity contribution in [1.29, 1.82) is 0 Å². The molecule has 152 valence electrons. The van der Waals surface area contributed by atoms with Crippen molar-refractivity contribution in [2.45, 2.75) is 90.1 Å². The number of ether oxygens (including phenoxy) is 2. The second-order valence-corrected chi connectivity index (χ2v) is 11.0. The molecule has 0 unspecified atom stereocenters. The maximum absolute atomic E-state index is 11.5. The van der Waals surface area contributed by atoms with Gasteiger partial charge in [-0.15, -0.1) is 0 Å². The van der Waals surface area contributed by atoms with Crippen molar-refractivity contribution in [3.8, 4) is 0 Å². The molecule has 0 aromatic heterocycles. The molecule has 1 saturated heterocycles. The van der Waals surface area contributed by atoms with E-state index in [0.29, 0.717) is 18.3 Å². The standard InChI is InChI=1S/C22H34O5/c1-12(23)26-11-20(3)15-9-17(25)22-10-13(21(4)18(22)27-21)5-6-14(22)19(15,2)8-7-16(20)24/h13-18,24-25H,5-11H2,1-4H3/t13-,14-,15-,16+,17-,18-,19-,20+,21-,22-/m0/s1. The summed E-state index contributed by atoms with van der Waals surface area (Å²) in [5.41, 5.74) is -0.609. The average Bonchev–Trinajstić information content (AvgIpc) is 3.28. The van der Waals surface area contributed by atoms with E-state index in [0.717, 1.165) is 25.7 Å². The van der Waals surface area contributed by atoms with E-state index >= 15 is 0 Å². The van der Waals surface area contributed by atoms with Gasteiger partial charge in [-0.3, -0.25) is 4.79 Å². The van der Waals surface area contributed by atoms with Crippen LogP contribution in [0.3, 0.4) is 0 Å². The number of hydrogen-bond acceptors (Lipinski definition) is 5. The van der Waals surface area contributed by atoms with Gasteiger partial charge in [0.25, 0.3) is 0 Å². The Morgan fingerprint density at radius 2 is 1.85 bits per heavy atom. The summed E-state index contributed by atoms with van der Waals surface area (Å²) in [6.45, 7) is 8.34. The van der Waals surface area contributed by atoms with E-state index < -0.39 is 17.6 Å².